The van der Waals surface area contributed by atoms with Crippen LogP contribution in [0.5, 0.6) is 0 Å². The second-order valence-electron chi connectivity index (χ2n) is 6.09. The molecule has 2 aromatic rings. The molecule has 0 amide bonds. The SMILES string of the molecule is CC(C)(C)c1ccc(/C=C/c2ccc(C[O-])cc2)cc1. The lowest BCUT2D eigenvalue weighted by atomic mass is 9.87. The summed E-state index contributed by atoms with van der Waals surface area (Å²) in [7, 11) is 0. The Morgan fingerprint density at radius 1 is 0.800 bits per heavy atom. The summed E-state index contributed by atoms with van der Waals surface area (Å²) in [4.78, 5) is 0. The van der Waals surface area contributed by atoms with E-state index >= 15 is 0 Å². The van der Waals surface area contributed by atoms with E-state index in [4.69, 9.17) is 0 Å². The highest BCUT2D eigenvalue weighted by Crippen LogP contribution is 2.22. The number of hydrogen-bond acceptors (Lipinski definition) is 1. The summed E-state index contributed by atoms with van der Waals surface area (Å²) in [6, 6.07) is 16.4. The van der Waals surface area contributed by atoms with Gasteiger partial charge in [-0.25, -0.2) is 0 Å². The summed E-state index contributed by atoms with van der Waals surface area (Å²) in [5.41, 5.74) is 4.66. The molecule has 0 saturated heterocycles. The summed E-state index contributed by atoms with van der Waals surface area (Å²) in [6.45, 7) is 6.50. The van der Waals surface area contributed by atoms with Crippen molar-refractivity contribution in [3.63, 3.8) is 0 Å². The molecule has 0 unspecified atom stereocenters. The lowest BCUT2D eigenvalue weighted by molar-refractivity contribution is -0.386. The Morgan fingerprint density at radius 2 is 1.25 bits per heavy atom. The zero-order chi connectivity index (χ0) is 14.6. The fourth-order valence-electron chi connectivity index (χ4n) is 2.01. The molecule has 0 aliphatic carbocycles. The third-order valence-corrected chi connectivity index (χ3v) is 3.39. The van der Waals surface area contributed by atoms with Crippen LogP contribution in [0.3, 0.4) is 0 Å². The van der Waals surface area contributed by atoms with Gasteiger partial charge in [-0.2, -0.15) is 0 Å². The van der Waals surface area contributed by atoms with Crippen molar-refractivity contribution >= 4 is 12.2 Å². The zero-order valence-corrected chi connectivity index (χ0v) is 12.4. The second-order valence-corrected chi connectivity index (χ2v) is 6.09. The van der Waals surface area contributed by atoms with Gasteiger partial charge in [-0.05, 0) is 22.1 Å². The first kappa shape index (κ1) is 14.5. The first-order valence-corrected chi connectivity index (χ1v) is 6.95. The van der Waals surface area contributed by atoms with Gasteiger partial charge in [0.2, 0.25) is 0 Å². The molecule has 0 heterocycles. The smallest absolute Gasteiger partial charge is 0.0132 e. The van der Waals surface area contributed by atoms with Crippen molar-refractivity contribution in [2.45, 2.75) is 32.8 Å². The predicted molar refractivity (Wildman–Crippen MR) is 84.2 cm³/mol. The molecule has 0 radical (unpaired) electrons. The molecule has 2 rings (SSSR count). The van der Waals surface area contributed by atoms with E-state index in [0.29, 0.717) is 0 Å². The molecule has 20 heavy (non-hydrogen) atoms. The average molecular weight is 265 g/mol. The summed E-state index contributed by atoms with van der Waals surface area (Å²) in [5.74, 6) is 0. The maximum absolute atomic E-state index is 10.7. The van der Waals surface area contributed by atoms with Crippen molar-refractivity contribution in [3.05, 3.63) is 70.8 Å². The second kappa shape index (κ2) is 6.06. The van der Waals surface area contributed by atoms with Gasteiger partial charge in [0, 0.05) is 0 Å². The maximum atomic E-state index is 10.7. The molecule has 0 aliphatic heterocycles. The molecule has 0 spiro atoms. The van der Waals surface area contributed by atoms with Crippen LogP contribution in [0.25, 0.3) is 12.2 Å². The van der Waals surface area contributed by atoms with Gasteiger partial charge < -0.3 is 5.11 Å². The third kappa shape index (κ3) is 3.82. The van der Waals surface area contributed by atoms with E-state index in [0.717, 1.165) is 11.1 Å². The van der Waals surface area contributed by atoms with Gasteiger partial charge in [0.1, 0.15) is 0 Å². The largest absolute Gasteiger partial charge is 0.851 e. The normalized spacial score (nSPS) is 12.0. The minimum atomic E-state index is -0.155. The first-order valence-electron chi connectivity index (χ1n) is 6.95. The molecule has 0 aromatic heterocycles. The Labute approximate surface area is 121 Å². The van der Waals surface area contributed by atoms with E-state index < -0.39 is 0 Å². The van der Waals surface area contributed by atoms with Gasteiger partial charge >= 0.3 is 0 Å². The monoisotopic (exact) mass is 265 g/mol. The summed E-state index contributed by atoms with van der Waals surface area (Å²) < 4.78 is 0. The van der Waals surface area contributed by atoms with Crippen LogP contribution < -0.4 is 5.11 Å². The Bertz CT molecular complexity index is 569. The minimum absolute atomic E-state index is 0.155. The summed E-state index contributed by atoms with van der Waals surface area (Å²) in [5, 5.41) is 10.7. The van der Waals surface area contributed by atoms with E-state index in [1.165, 1.54) is 11.1 Å². The highest BCUT2D eigenvalue weighted by Gasteiger charge is 2.12. The highest BCUT2D eigenvalue weighted by atomic mass is 16.3. The minimum Gasteiger partial charge on any atom is -0.851 e. The Morgan fingerprint density at radius 3 is 1.65 bits per heavy atom. The number of benzene rings is 2. The molecule has 0 atom stereocenters. The van der Waals surface area contributed by atoms with Gasteiger partial charge in [-0.1, -0.05) is 87.0 Å². The summed E-state index contributed by atoms with van der Waals surface area (Å²) >= 11 is 0. The lowest BCUT2D eigenvalue weighted by Gasteiger charge is -2.18. The molecule has 0 saturated carbocycles. The quantitative estimate of drug-likeness (QED) is 0.769. The van der Waals surface area contributed by atoms with Crippen LogP contribution in [0.2, 0.25) is 0 Å². The van der Waals surface area contributed by atoms with Gasteiger partial charge in [-0.3, -0.25) is 0 Å². The molecule has 104 valence electrons. The fourth-order valence-corrected chi connectivity index (χ4v) is 2.01. The molecular weight excluding hydrogens is 244 g/mol. The van der Waals surface area contributed by atoms with E-state index in [1.54, 1.807) is 0 Å². The van der Waals surface area contributed by atoms with E-state index in [9.17, 15) is 5.11 Å². The maximum Gasteiger partial charge on any atom is -0.0132 e. The van der Waals surface area contributed by atoms with Crippen molar-refractivity contribution in [2.24, 2.45) is 0 Å². The van der Waals surface area contributed by atoms with Crippen molar-refractivity contribution in [1.82, 2.24) is 0 Å². The van der Waals surface area contributed by atoms with Crippen LogP contribution in [0, 0.1) is 0 Å². The number of hydrogen-bond donors (Lipinski definition) is 0. The van der Waals surface area contributed by atoms with Gasteiger partial charge in [-0.15, -0.1) is 6.61 Å². The molecule has 0 aliphatic rings. The van der Waals surface area contributed by atoms with E-state index in [-0.39, 0.29) is 12.0 Å². The third-order valence-electron chi connectivity index (χ3n) is 3.39. The van der Waals surface area contributed by atoms with Gasteiger partial charge in [0.15, 0.2) is 0 Å². The van der Waals surface area contributed by atoms with E-state index in [1.807, 2.05) is 24.3 Å². The van der Waals surface area contributed by atoms with Crippen LogP contribution in [-0.2, 0) is 12.0 Å². The summed E-state index contributed by atoms with van der Waals surface area (Å²) in [6.07, 6.45) is 4.17. The average Bonchev–Trinajstić information content (AvgIpc) is 2.45. The molecule has 1 heteroatoms. The lowest BCUT2D eigenvalue weighted by Crippen LogP contribution is -2.10. The Hall–Kier alpha value is -1.86. The topological polar surface area (TPSA) is 23.1 Å². The molecule has 0 N–H and O–H groups in total. The predicted octanol–water partition coefficient (Wildman–Crippen LogP) is 4.01. The van der Waals surface area contributed by atoms with Crippen LogP contribution >= 0.6 is 0 Å². The highest BCUT2D eigenvalue weighted by molar-refractivity contribution is 5.69. The standard InChI is InChI=1S/C19H21O/c1-19(2,3)18-12-10-16(11-13-18)5-4-15-6-8-17(14-20)9-7-15/h4-13H,14H2,1-3H3/q-1/b5-4+. The van der Waals surface area contributed by atoms with Crippen LogP contribution in [0.1, 0.15) is 43.0 Å². The van der Waals surface area contributed by atoms with Crippen LogP contribution in [0.4, 0.5) is 0 Å². The first-order chi connectivity index (χ1) is 9.49. The van der Waals surface area contributed by atoms with Crippen LogP contribution in [-0.4, -0.2) is 0 Å². The zero-order valence-electron chi connectivity index (χ0n) is 12.4. The fraction of sp³-hybridized carbons (Fsp3) is 0.263. The Balaban J connectivity index is 2.10. The molecule has 1 nitrogen and oxygen atoms in total. The van der Waals surface area contributed by atoms with Crippen molar-refractivity contribution in [3.8, 4) is 0 Å². The van der Waals surface area contributed by atoms with Crippen molar-refractivity contribution in [2.75, 3.05) is 0 Å². The van der Waals surface area contributed by atoms with Crippen molar-refractivity contribution in [1.29, 1.82) is 0 Å². The van der Waals surface area contributed by atoms with Crippen LogP contribution in [0.15, 0.2) is 48.5 Å². The molecule has 2 aromatic carbocycles. The molecule has 0 fully saturated rings. The van der Waals surface area contributed by atoms with E-state index in [2.05, 4.69) is 57.2 Å². The van der Waals surface area contributed by atoms with Crippen molar-refractivity contribution < 1.29 is 5.11 Å². The molecular formula is C19H21O-. The van der Waals surface area contributed by atoms with Gasteiger partial charge in [0.05, 0.1) is 0 Å². The molecule has 0 bridgehead atoms. The van der Waals surface area contributed by atoms with Gasteiger partial charge in [0.25, 0.3) is 0 Å². The number of rotatable bonds is 3. The Kier molecular flexibility index (Phi) is 4.41.